The number of carbonyl (C=O) groups is 2. The van der Waals surface area contributed by atoms with Crippen molar-refractivity contribution in [3.05, 3.63) is 94.6 Å². The number of imide groups is 1. The molecule has 0 unspecified atom stereocenters. The van der Waals surface area contributed by atoms with Gasteiger partial charge in [-0.2, -0.15) is 0 Å². The van der Waals surface area contributed by atoms with Crippen LogP contribution in [-0.4, -0.2) is 24.9 Å². The Morgan fingerprint density at radius 1 is 0.848 bits per heavy atom. The van der Waals surface area contributed by atoms with Crippen LogP contribution in [0.3, 0.4) is 0 Å². The van der Waals surface area contributed by atoms with E-state index in [-0.39, 0.29) is 5.70 Å². The molecule has 5 nitrogen and oxygen atoms in total. The molecule has 168 valence electrons. The first-order valence-corrected chi connectivity index (χ1v) is 11.4. The van der Waals surface area contributed by atoms with Crippen LogP contribution in [-0.2, 0) is 9.59 Å². The number of carbonyl (C=O) groups excluding carboxylic acids is 2. The van der Waals surface area contributed by atoms with Gasteiger partial charge in [-0.3, -0.25) is 9.59 Å². The lowest BCUT2D eigenvalue weighted by molar-refractivity contribution is -0.120. The van der Waals surface area contributed by atoms with Crippen LogP contribution in [0.4, 0.5) is 17.1 Å². The number of nitrogens with zero attached hydrogens (tertiary/aromatic N) is 2. The van der Waals surface area contributed by atoms with Gasteiger partial charge in [0.15, 0.2) is 0 Å². The summed E-state index contributed by atoms with van der Waals surface area (Å²) in [5, 5.41) is 3.55. The van der Waals surface area contributed by atoms with Crippen molar-refractivity contribution < 1.29 is 9.59 Å². The Balaban J connectivity index is 1.75. The number of halogens is 1. The second kappa shape index (κ2) is 9.51. The Labute approximate surface area is 199 Å². The number of para-hydroxylation sites is 1. The van der Waals surface area contributed by atoms with Crippen molar-refractivity contribution in [3.8, 4) is 0 Å². The van der Waals surface area contributed by atoms with Crippen LogP contribution in [0.1, 0.15) is 25.0 Å². The minimum absolute atomic E-state index is 0.236. The predicted molar refractivity (Wildman–Crippen MR) is 136 cm³/mol. The first kappa shape index (κ1) is 22.6. The smallest absolute Gasteiger partial charge is 0.282 e. The Bertz CT molecular complexity index is 1210. The first-order valence-electron chi connectivity index (χ1n) is 11.0. The number of hydrogen-bond donors (Lipinski definition) is 1. The van der Waals surface area contributed by atoms with Crippen LogP contribution in [0.2, 0.25) is 5.02 Å². The Kier molecular flexibility index (Phi) is 6.52. The lowest BCUT2D eigenvalue weighted by Gasteiger charge is -2.21. The van der Waals surface area contributed by atoms with Crippen molar-refractivity contribution in [2.45, 2.75) is 20.8 Å². The molecule has 4 rings (SSSR count). The summed E-state index contributed by atoms with van der Waals surface area (Å²) >= 11 is 6.34. The van der Waals surface area contributed by atoms with Crippen LogP contribution < -0.4 is 15.1 Å². The second-order valence-electron chi connectivity index (χ2n) is 7.86. The molecular formula is C27H26ClN3O2. The Hall–Kier alpha value is -3.57. The highest BCUT2D eigenvalue weighted by Gasteiger charge is 2.41. The zero-order valence-electron chi connectivity index (χ0n) is 18.9. The summed E-state index contributed by atoms with van der Waals surface area (Å²) in [5.74, 6) is -0.837. The van der Waals surface area contributed by atoms with Gasteiger partial charge in [-0.1, -0.05) is 53.6 Å². The average Bonchev–Trinajstić information content (AvgIpc) is 3.06. The molecule has 0 saturated heterocycles. The van der Waals surface area contributed by atoms with Gasteiger partial charge in [-0.25, -0.2) is 4.90 Å². The van der Waals surface area contributed by atoms with E-state index in [1.807, 2.05) is 55.5 Å². The summed E-state index contributed by atoms with van der Waals surface area (Å²) in [7, 11) is 0. The summed E-state index contributed by atoms with van der Waals surface area (Å²) in [6.45, 7) is 8.02. The van der Waals surface area contributed by atoms with Gasteiger partial charge in [0.05, 0.1) is 16.3 Å². The zero-order chi connectivity index (χ0) is 23.5. The number of hydrogen-bond acceptors (Lipinski definition) is 4. The van der Waals surface area contributed by atoms with Crippen LogP contribution in [0.25, 0.3) is 5.57 Å². The van der Waals surface area contributed by atoms with Crippen LogP contribution >= 0.6 is 11.6 Å². The highest BCUT2D eigenvalue weighted by molar-refractivity contribution is 6.48. The minimum Gasteiger partial charge on any atom is -0.372 e. The molecule has 0 aromatic heterocycles. The molecule has 1 aliphatic rings. The molecule has 0 radical (unpaired) electrons. The standard InChI is InChI=1S/C27H26ClN3O2/c1-4-30(5-2)21-16-14-20(15-17-21)29-25-24(19-12-10-18(3)11-13-19)26(32)31(27(25)33)23-9-7-6-8-22(23)28/h6-17,29H,4-5H2,1-3H3. The van der Waals surface area contributed by atoms with E-state index in [0.29, 0.717) is 21.8 Å². The molecule has 1 heterocycles. The maximum Gasteiger partial charge on any atom is 0.282 e. The van der Waals surface area contributed by atoms with Crippen LogP contribution in [0.5, 0.6) is 0 Å². The quantitative estimate of drug-likeness (QED) is 0.447. The summed E-state index contributed by atoms with van der Waals surface area (Å²) in [6, 6.07) is 22.3. The summed E-state index contributed by atoms with van der Waals surface area (Å²) in [6.07, 6.45) is 0. The molecule has 33 heavy (non-hydrogen) atoms. The Morgan fingerprint density at radius 3 is 2.09 bits per heavy atom. The summed E-state index contributed by atoms with van der Waals surface area (Å²) in [5.41, 5.74) is 4.51. The van der Waals surface area contributed by atoms with Crippen molar-refractivity contribution in [1.29, 1.82) is 0 Å². The predicted octanol–water partition coefficient (Wildman–Crippen LogP) is 5.89. The monoisotopic (exact) mass is 459 g/mol. The number of benzene rings is 3. The van der Waals surface area contributed by atoms with E-state index >= 15 is 0 Å². The normalized spacial score (nSPS) is 13.6. The van der Waals surface area contributed by atoms with Crippen molar-refractivity contribution in [2.75, 3.05) is 28.2 Å². The molecule has 1 N–H and O–H groups in total. The summed E-state index contributed by atoms with van der Waals surface area (Å²) in [4.78, 5) is 30.4. The third-order valence-electron chi connectivity index (χ3n) is 5.78. The minimum atomic E-state index is -0.434. The summed E-state index contributed by atoms with van der Waals surface area (Å²) < 4.78 is 0. The van der Waals surface area contributed by atoms with E-state index < -0.39 is 11.8 Å². The highest BCUT2D eigenvalue weighted by atomic mass is 35.5. The molecule has 0 bridgehead atoms. The maximum absolute atomic E-state index is 13.5. The third-order valence-corrected chi connectivity index (χ3v) is 6.10. The fourth-order valence-corrected chi connectivity index (χ4v) is 4.19. The Morgan fingerprint density at radius 2 is 1.48 bits per heavy atom. The van der Waals surface area contributed by atoms with Gasteiger partial charge in [0, 0.05) is 24.5 Å². The number of rotatable bonds is 7. The van der Waals surface area contributed by atoms with Gasteiger partial charge < -0.3 is 10.2 Å². The molecule has 0 atom stereocenters. The van der Waals surface area contributed by atoms with Crippen molar-refractivity contribution in [3.63, 3.8) is 0 Å². The molecule has 0 fully saturated rings. The van der Waals surface area contributed by atoms with Crippen molar-refractivity contribution >= 4 is 46.1 Å². The number of amides is 2. The molecule has 6 heteroatoms. The molecule has 0 spiro atoms. The lowest BCUT2D eigenvalue weighted by atomic mass is 10.0. The fourth-order valence-electron chi connectivity index (χ4n) is 3.97. The number of aryl methyl sites for hydroxylation is 1. The lowest BCUT2D eigenvalue weighted by Crippen LogP contribution is -2.32. The van der Waals surface area contributed by atoms with E-state index in [4.69, 9.17) is 11.6 Å². The SMILES string of the molecule is CCN(CC)c1ccc(NC2=C(c3ccc(C)cc3)C(=O)N(c3ccccc3Cl)C2=O)cc1. The van der Waals surface area contributed by atoms with Gasteiger partial charge in [0.1, 0.15) is 5.70 Å². The van der Waals surface area contributed by atoms with Crippen molar-refractivity contribution in [1.82, 2.24) is 0 Å². The topological polar surface area (TPSA) is 52.7 Å². The van der Waals surface area contributed by atoms with Gasteiger partial charge in [-0.05, 0) is 62.7 Å². The zero-order valence-corrected chi connectivity index (χ0v) is 19.7. The third kappa shape index (κ3) is 4.37. The van der Waals surface area contributed by atoms with E-state index in [0.717, 1.165) is 34.9 Å². The van der Waals surface area contributed by atoms with Crippen LogP contribution in [0, 0.1) is 6.92 Å². The number of anilines is 3. The highest BCUT2D eigenvalue weighted by Crippen LogP contribution is 2.36. The van der Waals surface area contributed by atoms with Crippen LogP contribution in [0.15, 0.2) is 78.5 Å². The van der Waals surface area contributed by atoms with Crippen molar-refractivity contribution in [2.24, 2.45) is 0 Å². The number of nitrogens with one attached hydrogen (secondary N) is 1. The molecule has 2 amide bonds. The van der Waals surface area contributed by atoms with Gasteiger partial charge in [0.25, 0.3) is 11.8 Å². The van der Waals surface area contributed by atoms with Gasteiger partial charge in [-0.15, -0.1) is 0 Å². The fraction of sp³-hybridized carbons (Fsp3) is 0.185. The van der Waals surface area contributed by atoms with E-state index in [1.54, 1.807) is 24.3 Å². The molecule has 0 saturated carbocycles. The second-order valence-corrected chi connectivity index (χ2v) is 8.26. The van der Waals surface area contributed by atoms with E-state index in [2.05, 4.69) is 24.1 Å². The molecule has 3 aromatic rings. The molecule has 1 aliphatic heterocycles. The van der Waals surface area contributed by atoms with E-state index in [1.165, 1.54) is 0 Å². The van der Waals surface area contributed by atoms with E-state index in [9.17, 15) is 9.59 Å². The molecular weight excluding hydrogens is 434 g/mol. The average molecular weight is 460 g/mol. The van der Waals surface area contributed by atoms with Gasteiger partial charge in [0.2, 0.25) is 0 Å². The molecule has 3 aromatic carbocycles. The molecule has 0 aliphatic carbocycles. The first-order chi connectivity index (χ1) is 15.9. The maximum atomic E-state index is 13.5. The van der Waals surface area contributed by atoms with Gasteiger partial charge >= 0.3 is 0 Å². The largest absolute Gasteiger partial charge is 0.372 e.